The average Bonchev–Trinajstić information content (AvgIpc) is 2.79. The van der Waals surface area contributed by atoms with Crippen LogP contribution in [0.15, 0.2) is 36.4 Å². The molecule has 0 spiro atoms. The summed E-state index contributed by atoms with van der Waals surface area (Å²) in [6.07, 6.45) is 12.9. The van der Waals surface area contributed by atoms with Gasteiger partial charge in [-0.1, -0.05) is 94.5 Å². The molecule has 0 fully saturated rings. The number of hydrogen-bond donors (Lipinski definition) is 2. The van der Waals surface area contributed by atoms with Crippen LogP contribution in [-0.2, 0) is 0 Å². The van der Waals surface area contributed by atoms with E-state index in [1.54, 1.807) is 6.07 Å². The van der Waals surface area contributed by atoms with E-state index in [-0.39, 0.29) is 12.5 Å². The highest BCUT2D eigenvalue weighted by molar-refractivity contribution is 6.33. The van der Waals surface area contributed by atoms with Crippen LogP contribution in [0.3, 0.4) is 0 Å². The second kappa shape index (κ2) is 14.9. The number of phenols is 1. The molecule has 172 valence electrons. The predicted molar refractivity (Wildman–Crippen MR) is 131 cm³/mol. The number of nitrogens with one attached hydrogen (secondary N) is 1. The normalized spacial score (nSPS) is 10.8. The van der Waals surface area contributed by atoms with Gasteiger partial charge in [-0.25, -0.2) is 0 Å². The Balaban J connectivity index is 1.70. The van der Waals surface area contributed by atoms with Gasteiger partial charge in [0.25, 0.3) is 0 Å². The molecule has 4 nitrogen and oxygen atoms in total. The Bertz CT molecular complexity index is 752. The summed E-state index contributed by atoms with van der Waals surface area (Å²) in [5, 5.41) is 13.7. The highest BCUT2D eigenvalue weighted by atomic mass is 35.5. The van der Waals surface area contributed by atoms with E-state index in [1.807, 2.05) is 37.3 Å². The molecule has 0 radical (unpaired) electrons. The highest BCUT2D eigenvalue weighted by Gasteiger charge is 2.14. The van der Waals surface area contributed by atoms with Crippen LogP contribution < -0.4 is 14.8 Å². The van der Waals surface area contributed by atoms with Crippen molar-refractivity contribution in [2.75, 3.05) is 18.7 Å². The van der Waals surface area contributed by atoms with E-state index >= 15 is 0 Å². The van der Waals surface area contributed by atoms with E-state index in [1.165, 1.54) is 57.8 Å². The maximum atomic E-state index is 10.4. The van der Waals surface area contributed by atoms with E-state index in [2.05, 4.69) is 12.2 Å². The van der Waals surface area contributed by atoms with Crippen LogP contribution in [0.4, 0.5) is 5.69 Å². The number of phenolic OH excluding ortho intramolecular Hbond substituents is 1. The van der Waals surface area contributed by atoms with Crippen molar-refractivity contribution in [2.24, 2.45) is 0 Å². The first kappa shape index (κ1) is 25.2. The molecule has 0 saturated heterocycles. The molecule has 0 aliphatic rings. The fourth-order valence-corrected chi connectivity index (χ4v) is 3.68. The molecule has 2 aromatic rings. The zero-order valence-corrected chi connectivity index (χ0v) is 19.8. The zero-order chi connectivity index (χ0) is 22.3. The van der Waals surface area contributed by atoms with E-state index < -0.39 is 0 Å². The first-order valence-corrected chi connectivity index (χ1v) is 12.1. The van der Waals surface area contributed by atoms with Crippen molar-refractivity contribution in [3.8, 4) is 17.2 Å². The van der Waals surface area contributed by atoms with Gasteiger partial charge in [0.1, 0.15) is 11.5 Å². The highest BCUT2D eigenvalue weighted by Crippen LogP contribution is 2.40. The summed E-state index contributed by atoms with van der Waals surface area (Å²) < 4.78 is 11.6. The number of para-hydroxylation sites is 1. The Morgan fingerprint density at radius 3 is 2.13 bits per heavy atom. The predicted octanol–water partition coefficient (Wildman–Crippen LogP) is 8.10. The summed E-state index contributed by atoms with van der Waals surface area (Å²) in [4.78, 5) is 0. The minimum Gasteiger partial charge on any atom is -0.504 e. The van der Waals surface area contributed by atoms with Crippen molar-refractivity contribution < 1.29 is 14.6 Å². The number of aromatic hydroxyl groups is 1. The van der Waals surface area contributed by atoms with Crippen LogP contribution in [0.25, 0.3) is 0 Å². The number of rotatable bonds is 16. The first-order chi connectivity index (χ1) is 15.1. The minimum absolute atomic E-state index is 0.0158. The molecule has 0 aliphatic carbocycles. The molecule has 0 aromatic heterocycles. The number of unbranched alkanes of at least 4 members (excludes halogenated alkanes) is 9. The molecular formula is C26H38ClNO3. The third-order valence-corrected chi connectivity index (χ3v) is 5.90. The van der Waals surface area contributed by atoms with Crippen molar-refractivity contribution in [3.05, 3.63) is 47.0 Å². The molecule has 0 heterocycles. The van der Waals surface area contributed by atoms with Gasteiger partial charge in [-0.05, 0) is 25.5 Å². The molecule has 31 heavy (non-hydrogen) atoms. The maximum Gasteiger partial charge on any atom is 0.159 e. The molecule has 0 amide bonds. The van der Waals surface area contributed by atoms with Crippen LogP contribution in [-0.4, -0.2) is 18.4 Å². The summed E-state index contributed by atoms with van der Waals surface area (Å²) in [6, 6.07) is 11.3. The zero-order valence-electron chi connectivity index (χ0n) is 19.1. The smallest absolute Gasteiger partial charge is 0.159 e. The number of anilines is 1. The van der Waals surface area contributed by atoms with E-state index in [0.29, 0.717) is 23.1 Å². The first-order valence-electron chi connectivity index (χ1n) is 11.7. The molecule has 2 N–H and O–H groups in total. The van der Waals surface area contributed by atoms with Crippen molar-refractivity contribution >= 4 is 17.3 Å². The topological polar surface area (TPSA) is 50.7 Å². The summed E-state index contributed by atoms with van der Waals surface area (Å²) in [7, 11) is 0. The molecule has 0 saturated carbocycles. The van der Waals surface area contributed by atoms with E-state index in [9.17, 15) is 5.11 Å². The summed E-state index contributed by atoms with van der Waals surface area (Å²) in [5.74, 6) is 1.47. The largest absolute Gasteiger partial charge is 0.504 e. The van der Waals surface area contributed by atoms with Crippen molar-refractivity contribution in [2.45, 2.75) is 78.1 Å². The third kappa shape index (κ3) is 9.30. The molecule has 0 unspecified atom stereocenters. The second-order valence-electron chi connectivity index (χ2n) is 8.02. The molecule has 2 rings (SSSR count). The Morgan fingerprint density at radius 1 is 0.871 bits per heavy atom. The molecular weight excluding hydrogens is 410 g/mol. The standard InChI is InChI=1S/C26H38ClNO3/c1-3-4-5-6-7-8-9-10-11-15-18-30-24-19-23(26(29)25(27)21(24)2)28-20-31-22-16-13-12-14-17-22/h12-14,16-17,19,28-29H,3-11,15,18,20H2,1-2H3. The van der Waals surface area contributed by atoms with Crippen LogP contribution in [0.5, 0.6) is 17.2 Å². The summed E-state index contributed by atoms with van der Waals surface area (Å²) >= 11 is 6.32. The van der Waals surface area contributed by atoms with Gasteiger partial charge in [0.2, 0.25) is 0 Å². The number of benzene rings is 2. The lowest BCUT2D eigenvalue weighted by Gasteiger charge is -2.16. The fraction of sp³-hybridized carbons (Fsp3) is 0.538. The lowest BCUT2D eigenvalue weighted by molar-refractivity contribution is 0.301. The lowest BCUT2D eigenvalue weighted by atomic mass is 10.1. The molecule has 0 atom stereocenters. The van der Waals surface area contributed by atoms with Gasteiger partial charge in [0.15, 0.2) is 12.5 Å². The summed E-state index contributed by atoms with van der Waals surface area (Å²) in [6.45, 7) is 4.99. The van der Waals surface area contributed by atoms with Crippen LogP contribution in [0, 0.1) is 6.92 Å². The van der Waals surface area contributed by atoms with Gasteiger partial charge in [-0.3, -0.25) is 0 Å². The third-order valence-electron chi connectivity index (χ3n) is 5.44. The van der Waals surface area contributed by atoms with Gasteiger partial charge in [0, 0.05) is 11.6 Å². The SMILES string of the molecule is CCCCCCCCCCCCOc1cc(NCOc2ccccc2)c(O)c(Cl)c1C. The summed E-state index contributed by atoms with van der Waals surface area (Å²) in [5.41, 5.74) is 1.25. The Labute approximate surface area is 192 Å². The minimum atomic E-state index is 0.0158. The van der Waals surface area contributed by atoms with Gasteiger partial charge in [-0.2, -0.15) is 0 Å². The Kier molecular flexibility index (Phi) is 12.1. The molecule has 0 bridgehead atoms. The second-order valence-corrected chi connectivity index (χ2v) is 8.40. The average molecular weight is 448 g/mol. The van der Waals surface area contributed by atoms with Crippen LogP contribution in [0.1, 0.15) is 76.7 Å². The molecule has 5 heteroatoms. The number of halogens is 1. The van der Waals surface area contributed by atoms with E-state index in [0.717, 1.165) is 17.7 Å². The van der Waals surface area contributed by atoms with Gasteiger partial charge >= 0.3 is 0 Å². The van der Waals surface area contributed by atoms with Crippen LogP contribution >= 0.6 is 11.6 Å². The number of hydrogen-bond acceptors (Lipinski definition) is 4. The van der Waals surface area contributed by atoms with Gasteiger partial charge in [-0.15, -0.1) is 0 Å². The maximum absolute atomic E-state index is 10.4. The van der Waals surface area contributed by atoms with E-state index in [4.69, 9.17) is 21.1 Å². The number of ether oxygens (including phenoxy) is 2. The van der Waals surface area contributed by atoms with Gasteiger partial charge < -0.3 is 19.9 Å². The molecule has 0 aliphatic heterocycles. The quantitative estimate of drug-likeness (QED) is 0.155. The lowest BCUT2D eigenvalue weighted by Crippen LogP contribution is -2.09. The Morgan fingerprint density at radius 2 is 1.48 bits per heavy atom. The van der Waals surface area contributed by atoms with Crippen molar-refractivity contribution in [3.63, 3.8) is 0 Å². The fourth-order valence-electron chi connectivity index (χ4n) is 3.48. The monoisotopic (exact) mass is 447 g/mol. The van der Waals surface area contributed by atoms with Crippen LogP contribution in [0.2, 0.25) is 5.02 Å². The Hall–Kier alpha value is -2.07. The van der Waals surface area contributed by atoms with Crippen molar-refractivity contribution in [1.82, 2.24) is 0 Å². The van der Waals surface area contributed by atoms with Gasteiger partial charge in [0.05, 0.1) is 17.3 Å². The van der Waals surface area contributed by atoms with Crippen molar-refractivity contribution in [1.29, 1.82) is 0 Å². The molecule has 2 aromatic carbocycles.